The first-order chi connectivity index (χ1) is 13.5. The summed E-state index contributed by atoms with van der Waals surface area (Å²) in [6.07, 6.45) is 5.37. The Morgan fingerprint density at radius 1 is 1.39 bits per heavy atom. The molecule has 2 atom stereocenters. The first kappa shape index (κ1) is 18.3. The SMILES string of the molecule is CC(=O)NCC1CN(c2ccc(N3CCC(n4ccnc4)C3)c(F)c2)C(=O)O1. The van der Waals surface area contributed by atoms with E-state index in [1.165, 1.54) is 17.9 Å². The minimum absolute atomic E-state index is 0.190. The molecular formula is C19H22FN5O3. The summed E-state index contributed by atoms with van der Waals surface area (Å²) in [4.78, 5) is 30.6. The standard InChI is InChI=1S/C19H22FN5O3/c1-13(26)22-9-16-11-25(19(27)28-16)14-2-3-18(17(20)8-14)23-6-4-15(10-23)24-7-5-21-12-24/h2-3,5,7-8,12,15-16H,4,6,9-11H2,1H3,(H,22,26). The summed E-state index contributed by atoms with van der Waals surface area (Å²) in [5.74, 6) is -0.564. The van der Waals surface area contributed by atoms with Crippen molar-refractivity contribution < 1.29 is 18.7 Å². The van der Waals surface area contributed by atoms with Gasteiger partial charge in [-0.3, -0.25) is 9.69 Å². The Labute approximate surface area is 161 Å². The number of carbonyl (C=O) groups excluding carboxylic acids is 2. The van der Waals surface area contributed by atoms with Crippen molar-refractivity contribution in [3.63, 3.8) is 0 Å². The fraction of sp³-hybridized carbons (Fsp3) is 0.421. The third kappa shape index (κ3) is 3.64. The van der Waals surface area contributed by atoms with Gasteiger partial charge in [0.25, 0.3) is 0 Å². The fourth-order valence-corrected chi connectivity index (χ4v) is 3.71. The van der Waals surface area contributed by atoms with Gasteiger partial charge in [-0.2, -0.15) is 0 Å². The van der Waals surface area contributed by atoms with Gasteiger partial charge in [0.15, 0.2) is 0 Å². The third-order valence-electron chi connectivity index (χ3n) is 5.15. The molecule has 0 bridgehead atoms. The first-order valence-corrected chi connectivity index (χ1v) is 9.26. The van der Waals surface area contributed by atoms with Crippen LogP contribution < -0.4 is 15.1 Å². The van der Waals surface area contributed by atoms with Crippen LogP contribution in [0.4, 0.5) is 20.6 Å². The number of benzene rings is 1. The number of carbonyl (C=O) groups is 2. The number of cyclic esters (lactones) is 1. The van der Waals surface area contributed by atoms with E-state index in [1.54, 1.807) is 24.7 Å². The van der Waals surface area contributed by atoms with Crippen molar-refractivity contribution in [3.05, 3.63) is 42.7 Å². The summed E-state index contributed by atoms with van der Waals surface area (Å²) in [5.41, 5.74) is 0.968. The van der Waals surface area contributed by atoms with Crippen LogP contribution >= 0.6 is 0 Å². The van der Waals surface area contributed by atoms with E-state index in [0.717, 1.165) is 13.0 Å². The minimum atomic E-state index is -0.538. The molecule has 4 rings (SSSR count). The Hall–Kier alpha value is -3.10. The number of hydrogen-bond acceptors (Lipinski definition) is 5. The fourth-order valence-electron chi connectivity index (χ4n) is 3.71. The van der Waals surface area contributed by atoms with Crippen LogP contribution in [0.3, 0.4) is 0 Å². The molecule has 148 valence electrons. The van der Waals surface area contributed by atoms with Gasteiger partial charge in [-0.1, -0.05) is 0 Å². The highest BCUT2D eigenvalue weighted by atomic mass is 19.1. The lowest BCUT2D eigenvalue weighted by atomic mass is 10.2. The van der Waals surface area contributed by atoms with E-state index in [1.807, 2.05) is 15.7 Å². The monoisotopic (exact) mass is 387 g/mol. The molecule has 2 aliphatic rings. The van der Waals surface area contributed by atoms with Crippen LogP contribution in [0.2, 0.25) is 0 Å². The average Bonchev–Trinajstić information content (AvgIpc) is 3.40. The molecule has 9 heteroatoms. The molecule has 0 aliphatic carbocycles. The molecule has 8 nitrogen and oxygen atoms in total. The molecule has 0 saturated carbocycles. The second-order valence-electron chi connectivity index (χ2n) is 7.09. The maximum atomic E-state index is 14.8. The number of halogens is 1. The number of amides is 2. The van der Waals surface area contributed by atoms with E-state index in [9.17, 15) is 14.0 Å². The molecule has 3 heterocycles. The minimum Gasteiger partial charge on any atom is -0.442 e. The van der Waals surface area contributed by atoms with E-state index >= 15 is 0 Å². The normalized spacial score (nSPS) is 21.9. The Morgan fingerprint density at radius 2 is 2.25 bits per heavy atom. The van der Waals surface area contributed by atoms with Gasteiger partial charge in [0.2, 0.25) is 5.91 Å². The molecule has 1 N–H and O–H groups in total. The number of rotatable bonds is 5. The van der Waals surface area contributed by atoms with E-state index in [2.05, 4.69) is 10.3 Å². The second kappa shape index (κ2) is 7.49. The van der Waals surface area contributed by atoms with Gasteiger partial charge in [0.1, 0.15) is 11.9 Å². The van der Waals surface area contributed by atoms with Gasteiger partial charge >= 0.3 is 6.09 Å². The summed E-state index contributed by atoms with van der Waals surface area (Å²) in [7, 11) is 0. The van der Waals surface area contributed by atoms with Gasteiger partial charge in [-0.05, 0) is 24.6 Å². The number of nitrogens with one attached hydrogen (secondary N) is 1. The molecule has 2 aliphatic heterocycles. The zero-order valence-electron chi connectivity index (χ0n) is 15.5. The molecule has 1 aromatic carbocycles. The van der Waals surface area contributed by atoms with Gasteiger partial charge in [-0.25, -0.2) is 14.2 Å². The van der Waals surface area contributed by atoms with Crippen LogP contribution in [-0.2, 0) is 9.53 Å². The topological polar surface area (TPSA) is 79.7 Å². The molecule has 2 saturated heterocycles. The predicted molar refractivity (Wildman–Crippen MR) is 101 cm³/mol. The molecule has 28 heavy (non-hydrogen) atoms. The van der Waals surface area contributed by atoms with E-state index in [0.29, 0.717) is 17.9 Å². The van der Waals surface area contributed by atoms with Gasteiger partial charge < -0.3 is 19.5 Å². The number of nitrogens with zero attached hydrogens (tertiary/aromatic N) is 4. The summed E-state index contributed by atoms with van der Waals surface area (Å²) >= 11 is 0. The summed E-state index contributed by atoms with van der Waals surface area (Å²) in [6, 6.07) is 5.06. The maximum absolute atomic E-state index is 14.8. The highest BCUT2D eigenvalue weighted by Crippen LogP contribution is 2.32. The Balaban J connectivity index is 1.43. The van der Waals surface area contributed by atoms with Crippen LogP contribution in [0, 0.1) is 5.82 Å². The largest absolute Gasteiger partial charge is 0.442 e. The average molecular weight is 387 g/mol. The van der Waals surface area contributed by atoms with Crippen molar-refractivity contribution in [2.24, 2.45) is 0 Å². The number of imidazole rings is 1. The number of ether oxygens (including phenoxy) is 1. The molecule has 2 amide bonds. The maximum Gasteiger partial charge on any atom is 0.414 e. The first-order valence-electron chi connectivity index (χ1n) is 9.26. The molecule has 2 aromatic rings. The van der Waals surface area contributed by atoms with E-state index < -0.39 is 12.2 Å². The summed E-state index contributed by atoms with van der Waals surface area (Å²) in [5, 5.41) is 2.62. The lowest BCUT2D eigenvalue weighted by molar-refractivity contribution is -0.119. The quantitative estimate of drug-likeness (QED) is 0.848. The Morgan fingerprint density at radius 3 is 2.96 bits per heavy atom. The predicted octanol–water partition coefficient (Wildman–Crippen LogP) is 1.93. The second-order valence-corrected chi connectivity index (χ2v) is 7.09. The van der Waals surface area contributed by atoms with Crippen LogP contribution in [-0.4, -0.2) is 53.8 Å². The molecular weight excluding hydrogens is 365 g/mol. The molecule has 2 unspecified atom stereocenters. The Kier molecular flexibility index (Phi) is 4.89. The van der Waals surface area contributed by atoms with Crippen LogP contribution in [0.25, 0.3) is 0 Å². The smallest absolute Gasteiger partial charge is 0.414 e. The van der Waals surface area contributed by atoms with Crippen LogP contribution in [0.15, 0.2) is 36.9 Å². The van der Waals surface area contributed by atoms with E-state index in [4.69, 9.17) is 4.74 Å². The number of aromatic nitrogens is 2. The molecule has 1 aromatic heterocycles. The van der Waals surface area contributed by atoms with Gasteiger partial charge in [0.05, 0.1) is 36.8 Å². The molecule has 0 spiro atoms. The van der Waals surface area contributed by atoms with Gasteiger partial charge in [-0.15, -0.1) is 0 Å². The van der Waals surface area contributed by atoms with Crippen molar-refractivity contribution in [1.29, 1.82) is 0 Å². The van der Waals surface area contributed by atoms with Crippen molar-refractivity contribution in [2.45, 2.75) is 25.5 Å². The van der Waals surface area contributed by atoms with Crippen molar-refractivity contribution in [1.82, 2.24) is 14.9 Å². The van der Waals surface area contributed by atoms with Crippen molar-refractivity contribution in [2.75, 3.05) is 36.0 Å². The van der Waals surface area contributed by atoms with Crippen molar-refractivity contribution >= 4 is 23.4 Å². The summed E-state index contributed by atoms with van der Waals surface area (Å²) in [6.45, 7) is 3.37. The number of anilines is 2. The number of hydrogen-bond donors (Lipinski definition) is 1. The Bertz CT molecular complexity index is 872. The zero-order chi connectivity index (χ0) is 19.7. The van der Waals surface area contributed by atoms with Crippen LogP contribution in [0.5, 0.6) is 0 Å². The zero-order valence-corrected chi connectivity index (χ0v) is 15.5. The lowest BCUT2D eigenvalue weighted by Gasteiger charge is -2.21. The van der Waals surface area contributed by atoms with Crippen molar-refractivity contribution in [3.8, 4) is 0 Å². The molecule has 2 fully saturated rings. The lowest BCUT2D eigenvalue weighted by Crippen LogP contribution is -2.33. The van der Waals surface area contributed by atoms with Gasteiger partial charge in [0, 0.05) is 32.4 Å². The highest BCUT2D eigenvalue weighted by Gasteiger charge is 2.33. The molecule has 0 radical (unpaired) electrons. The van der Waals surface area contributed by atoms with E-state index in [-0.39, 0.29) is 30.9 Å². The highest BCUT2D eigenvalue weighted by molar-refractivity contribution is 5.90. The summed E-state index contributed by atoms with van der Waals surface area (Å²) < 4.78 is 22.1. The third-order valence-corrected chi connectivity index (χ3v) is 5.15. The van der Waals surface area contributed by atoms with Crippen LogP contribution in [0.1, 0.15) is 19.4 Å².